The van der Waals surface area contributed by atoms with Crippen LogP contribution in [0.2, 0.25) is 0 Å². The van der Waals surface area contributed by atoms with E-state index in [-0.39, 0.29) is 9.79 Å². The molecule has 0 aliphatic carbocycles. The lowest BCUT2D eigenvalue weighted by Gasteiger charge is -2.48. The van der Waals surface area contributed by atoms with Gasteiger partial charge < -0.3 is 0 Å². The Hall–Kier alpha value is -1.84. The zero-order valence-electron chi connectivity index (χ0n) is 17.7. The van der Waals surface area contributed by atoms with Crippen LogP contribution in [0.25, 0.3) is 0 Å². The van der Waals surface area contributed by atoms with Crippen LogP contribution in [0, 0.1) is 0 Å². The summed E-state index contributed by atoms with van der Waals surface area (Å²) in [6.07, 6.45) is 0. The van der Waals surface area contributed by atoms with Gasteiger partial charge in [0.05, 0.1) is 57.0 Å². The maximum atomic E-state index is 13.7. The summed E-state index contributed by atoms with van der Waals surface area (Å²) in [5.41, 5.74) is 0. The van der Waals surface area contributed by atoms with Gasteiger partial charge in [-0.3, -0.25) is 0 Å². The van der Waals surface area contributed by atoms with Crippen molar-refractivity contribution in [3.8, 4) is 0 Å². The van der Waals surface area contributed by atoms with E-state index in [1.54, 1.807) is 12.1 Å². The van der Waals surface area contributed by atoms with Crippen LogP contribution in [0.15, 0.2) is 70.5 Å². The van der Waals surface area contributed by atoms with Crippen molar-refractivity contribution in [3.63, 3.8) is 0 Å². The molecule has 10 nitrogen and oxygen atoms in total. The van der Waals surface area contributed by atoms with Gasteiger partial charge in [-0.15, -0.1) is 0 Å². The third kappa shape index (κ3) is 3.80. The van der Waals surface area contributed by atoms with E-state index in [9.17, 15) is 33.7 Å². The van der Waals surface area contributed by atoms with Crippen molar-refractivity contribution in [1.29, 1.82) is 0 Å². The first-order chi connectivity index (χ1) is 15.8. The number of sulfonamides is 2. The number of hydrogen-bond donors (Lipinski definition) is 0. The Morgan fingerprint density at radius 2 is 0.794 bits per heavy atom. The number of sulfone groups is 2. The van der Waals surface area contributed by atoms with E-state index in [4.69, 9.17) is 0 Å². The van der Waals surface area contributed by atoms with E-state index < -0.39 is 86.9 Å². The fraction of sp³-hybridized carbons (Fsp3) is 0.400. The molecule has 184 valence electrons. The predicted molar refractivity (Wildman–Crippen MR) is 123 cm³/mol. The molecular weight excluding hydrogens is 524 g/mol. The highest BCUT2D eigenvalue weighted by atomic mass is 32.2. The molecule has 4 atom stereocenters. The smallest absolute Gasteiger partial charge is 0.229 e. The molecule has 3 saturated heterocycles. The van der Waals surface area contributed by atoms with Crippen molar-refractivity contribution in [1.82, 2.24) is 8.61 Å². The number of nitrogens with zero attached hydrogens (tertiary/aromatic N) is 2. The second-order valence-corrected chi connectivity index (χ2v) is 16.7. The van der Waals surface area contributed by atoms with Crippen LogP contribution in [-0.4, -0.2) is 89.5 Å². The topological polar surface area (TPSA) is 143 Å². The Bertz CT molecular complexity index is 1390. The predicted octanol–water partition coefficient (Wildman–Crippen LogP) is -0.287. The molecule has 0 unspecified atom stereocenters. The van der Waals surface area contributed by atoms with Crippen LogP contribution in [0.3, 0.4) is 0 Å². The van der Waals surface area contributed by atoms with Crippen molar-refractivity contribution in [2.75, 3.05) is 23.0 Å². The third-order valence-electron chi connectivity index (χ3n) is 6.53. The highest BCUT2D eigenvalue weighted by Gasteiger charge is 2.63. The summed E-state index contributed by atoms with van der Waals surface area (Å²) in [5, 5.41) is 0. The van der Waals surface area contributed by atoms with Crippen LogP contribution in [0.1, 0.15) is 0 Å². The summed E-state index contributed by atoms with van der Waals surface area (Å²) in [6, 6.07) is 9.67. The van der Waals surface area contributed by atoms with Gasteiger partial charge in [0, 0.05) is 0 Å². The molecule has 0 spiro atoms. The van der Waals surface area contributed by atoms with Gasteiger partial charge in [0.25, 0.3) is 0 Å². The van der Waals surface area contributed by atoms with Gasteiger partial charge in [-0.25, -0.2) is 33.7 Å². The maximum Gasteiger partial charge on any atom is 0.243 e. The largest absolute Gasteiger partial charge is 0.243 e. The molecule has 0 aromatic heterocycles. The van der Waals surface area contributed by atoms with Gasteiger partial charge in [0.2, 0.25) is 20.0 Å². The fourth-order valence-corrected chi connectivity index (χ4v) is 13.3. The molecule has 0 N–H and O–H groups in total. The van der Waals surface area contributed by atoms with Crippen molar-refractivity contribution in [2.45, 2.75) is 34.0 Å². The lowest BCUT2D eigenvalue weighted by molar-refractivity contribution is 0.0841. The Kier molecular flexibility index (Phi) is 5.50. The van der Waals surface area contributed by atoms with Gasteiger partial charge in [-0.05, 0) is 24.3 Å². The Morgan fingerprint density at radius 1 is 0.529 bits per heavy atom. The number of benzene rings is 2. The fourth-order valence-electron chi connectivity index (χ4n) is 5.23. The minimum absolute atomic E-state index is 0.111. The average Bonchev–Trinajstić information content (AvgIpc) is 3.25. The zero-order chi connectivity index (χ0) is 24.5. The molecule has 3 heterocycles. The standard InChI is InChI=1S/C20H22N2O8S4/c23-31(24)11-17-19(13-31)22(34(29,30)16-9-5-2-6-10-16)20-14-32(25,26)12-18(20)21(17)33(27,28)15-7-3-1-4-8-15/h1-10,17-20H,11-14H2/t17-,18-,19-,20+/m1/s1. The molecule has 0 bridgehead atoms. The van der Waals surface area contributed by atoms with E-state index in [1.165, 1.54) is 48.5 Å². The van der Waals surface area contributed by atoms with Crippen LogP contribution in [0.4, 0.5) is 0 Å². The number of rotatable bonds is 4. The van der Waals surface area contributed by atoms with E-state index in [0.717, 1.165) is 8.61 Å². The quantitative estimate of drug-likeness (QED) is 0.509. The zero-order valence-corrected chi connectivity index (χ0v) is 21.0. The number of fused-ring (bicyclic) bond motifs is 2. The number of hydrogen-bond acceptors (Lipinski definition) is 8. The molecule has 2 aromatic carbocycles. The van der Waals surface area contributed by atoms with E-state index in [1.807, 2.05) is 0 Å². The van der Waals surface area contributed by atoms with Crippen LogP contribution in [0.5, 0.6) is 0 Å². The lowest BCUT2D eigenvalue weighted by Crippen LogP contribution is -2.69. The average molecular weight is 547 g/mol. The SMILES string of the molecule is O=S1(=O)C[C@@H]2[C@@H](C1)N(S(=O)(=O)c1ccccc1)[C@H]1CS(=O)(=O)C[C@H]1N2S(=O)(=O)c1ccccc1. The van der Waals surface area contributed by atoms with Gasteiger partial charge in [-0.1, -0.05) is 36.4 Å². The molecule has 0 radical (unpaired) electrons. The van der Waals surface area contributed by atoms with Gasteiger partial charge in [0.1, 0.15) is 0 Å². The monoisotopic (exact) mass is 546 g/mol. The second-order valence-electron chi connectivity index (χ2n) is 8.72. The summed E-state index contributed by atoms with van der Waals surface area (Å²) in [6.45, 7) is 0. The normalized spacial score (nSPS) is 31.1. The first kappa shape index (κ1) is 23.9. The van der Waals surface area contributed by atoms with Gasteiger partial charge >= 0.3 is 0 Å². The van der Waals surface area contributed by atoms with Crippen molar-refractivity contribution in [3.05, 3.63) is 60.7 Å². The molecular formula is C20H22N2O8S4. The van der Waals surface area contributed by atoms with Crippen molar-refractivity contribution >= 4 is 39.7 Å². The summed E-state index contributed by atoms with van der Waals surface area (Å²) in [7, 11) is -16.2. The lowest BCUT2D eigenvalue weighted by atomic mass is 10.0. The molecule has 3 aliphatic rings. The molecule has 3 fully saturated rings. The Labute approximate surface area is 199 Å². The Balaban J connectivity index is 1.72. The second kappa shape index (κ2) is 7.83. The van der Waals surface area contributed by atoms with Gasteiger partial charge in [0.15, 0.2) is 19.7 Å². The third-order valence-corrected chi connectivity index (χ3v) is 13.9. The van der Waals surface area contributed by atoms with Crippen LogP contribution >= 0.6 is 0 Å². The van der Waals surface area contributed by atoms with Crippen LogP contribution in [-0.2, 0) is 39.7 Å². The summed E-state index contributed by atoms with van der Waals surface area (Å²) in [4.78, 5) is -0.221. The van der Waals surface area contributed by atoms with Gasteiger partial charge in [-0.2, -0.15) is 8.61 Å². The summed E-state index contributed by atoms with van der Waals surface area (Å²) < 4.78 is 107. The highest BCUT2D eigenvalue weighted by Crippen LogP contribution is 2.43. The van der Waals surface area contributed by atoms with Crippen molar-refractivity contribution < 1.29 is 33.7 Å². The molecule has 0 saturated carbocycles. The molecule has 34 heavy (non-hydrogen) atoms. The molecule has 2 aromatic rings. The molecule has 3 aliphatic heterocycles. The highest BCUT2D eigenvalue weighted by molar-refractivity contribution is 7.93. The van der Waals surface area contributed by atoms with Crippen LogP contribution < -0.4 is 0 Å². The number of piperazine rings is 1. The minimum Gasteiger partial charge on any atom is -0.229 e. The Morgan fingerprint density at radius 3 is 1.06 bits per heavy atom. The summed E-state index contributed by atoms with van der Waals surface area (Å²) in [5.74, 6) is -2.36. The maximum absolute atomic E-state index is 13.7. The van der Waals surface area contributed by atoms with E-state index in [2.05, 4.69) is 0 Å². The molecule has 5 rings (SSSR count). The molecule has 0 amide bonds. The first-order valence-corrected chi connectivity index (χ1v) is 16.9. The van der Waals surface area contributed by atoms with E-state index in [0.29, 0.717) is 0 Å². The first-order valence-electron chi connectivity index (χ1n) is 10.4. The summed E-state index contributed by atoms with van der Waals surface area (Å²) >= 11 is 0. The van der Waals surface area contributed by atoms with E-state index >= 15 is 0 Å². The van der Waals surface area contributed by atoms with Crippen molar-refractivity contribution in [2.24, 2.45) is 0 Å². The molecule has 14 heteroatoms. The minimum atomic E-state index is -4.32.